The smallest absolute Gasteiger partial charge is 0.380 e. The third-order valence-electron chi connectivity index (χ3n) is 4.32. The van der Waals surface area contributed by atoms with Crippen molar-refractivity contribution in [1.82, 2.24) is 19.5 Å². The van der Waals surface area contributed by atoms with Crippen molar-refractivity contribution in [2.45, 2.75) is 29.7 Å². The van der Waals surface area contributed by atoms with Gasteiger partial charge in [0.05, 0.1) is 12.9 Å². The van der Waals surface area contributed by atoms with Crippen LogP contribution in [0.4, 0.5) is 5.82 Å². The molecule has 12 nitrogen and oxygen atoms in total. The molecule has 0 bridgehead atoms. The summed E-state index contributed by atoms with van der Waals surface area (Å²) >= 11 is 12.4. The van der Waals surface area contributed by atoms with Crippen LogP contribution in [-0.2, 0) is 32.8 Å². The van der Waals surface area contributed by atoms with Crippen LogP contribution in [0.25, 0.3) is 11.2 Å². The second-order valence-electron chi connectivity index (χ2n) is 6.27. The molecule has 2 aromatic rings. The van der Waals surface area contributed by atoms with E-state index in [1.165, 1.54) is 32.3 Å². The van der Waals surface area contributed by atoms with E-state index in [1.807, 2.05) is 6.26 Å². The van der Waals surface area contributed by atoms with Gasteiger partial charge in [0.15, 0.2) is 22.8 Å². The zero-order valence-electron chi connectivity index (χ0n) is 16.8. The molecule has 0 radical (unpaired) electrons. The predicted molar refractivity (Wildman–Crippen MR) is 114 cm³/mol. The summed E-state index contributed by atoms with van der Waals surface area (Å²) < 4.78 is 46.2. The summed E-state index contributed by atoms with van der Waals surface area (Å²) in [6.07, 6.45) is -3.41. The number of imidazole rings is 1. The highest BCUT2D eigenvalue weighted by Gasteiger charge is 2.48. The highest BCUT2D eigenvalue weighted by molar-refractivity contribution is 8.05. The zero-order chi connectivity index (χ0) is 22.6. The van der Waals surface area contributed by atoms with Crippen molar-refractivity contribution >= 4 is 57.3 Å². The lowest BCUT2D eigenvalue weighted by molar-refractivity contribution is -0.158. The molecule has 1 saturated heterocycles. The predicted octanol–water partition coefficient (Wildman–Crippen LogP) is 2.61. The summed E-state index contributed by atoms with van der Waals surface area (Å²) in [5.74, 6) is 0.234. The summed E-state index contributed by atoms with van der Waals surface area (Å²) in [5, 5.41) is 0.469. The summed E-state index contributed by atoms with van der Waals surface area (Å²) in [4.78, 5) is 13.0. The van der Waals surface area contributed by atoms with Crippen LogP contribution in [0, 0.1) is 0 Å². The lowest BCUT2D eigenvalue weighted by atomic mass is 10.1. The Kier molecular flexibility index (Phi) is 8.78. The van der Waals surface area contributed by atoms with Gasteiger partial charge in [-0.3, -0.25) is 9.13 Å². The van der Waals surface area contributed by atoms with E-state index < -0.39 is 30.6 Å². The molecule has 1 aliphatic rings. The van der Waals surface area contributed by atoms with Crippen LogP contribution < -0.4 is 5.73 Å². The molecule has 0 amide bonds. The van der Waals surface area contributed by atoms with Gasteiger partial charge < -0.3 is 33.9 Å². The Balaban J connectivity index is 1.99. The Labute approximate surface area is 192 Å². The Bertz CT molecular complexity index is 935. The maximum atomic E-state index is 11.6. The Hall–Kier alpha value is -0.730. The number of fused-ring (bicyclic) bond motifs is 1. The molecule has 31 heavy (non-hydrogen) atoms. The first-order valence-electron chi connectivity index (χ1n) is 8.83. The van der Waals surface area contributed by atoms with Crippen molar-refractivity contribution in [3.63, 3.8) is 0 Å². The van der Waals surface area contributed by atoms with Crippen LogP contribution in [0.15, 0.2) is 11.5 Å². The number of methoxy groups -OCH3 is 2. The Morgan fingerprint density at radius 1 is 1.23 bits per heavy atom. The highest BCUT2D eigenvalue weighted by atomic mass is 35.9. The maximum Gasteiger partial charge on any atom is 0.380 e. The minimum absolute atomic E-state index is 0.0474. The third-order valence-corrected chi connectivity index (χ3v) is 5.90. The third kappa shape index (κ3) is 5.99. The van der Waals surface area contributed by atoms with Crippen LogP contribution >= 0.6 is 40.3 Å². The number of nitrogens with two attached hydrogens (primary N) is 1. The standard InChI is InChI=1S/C15H22Cl2N5O7PS/c1-24-6-26-10-8(4-28-30(16,17)23)29-14(11(10)27-7-25-2)22-5-19-9-12(18)20-15(31-3)21-13(9)22/h5,8,10-11,14H,4,6-7H2,1-3H3,(H2,18,20,21). The Morgan fingerprint density at radius 2 is 1.90 bits per heavy atom. The number of halogens is 2. The van der Waals surface area contributed by atoms with Gasteiger partial charge in [-0.05, 0) is 28.7 Å². The maximum absolute atomic E-state index is 11.6. The molecule has 0 saturated carbocycles. The van der Waals surface area contributed by atoms with E-state index in [2.05, 4.69) is 15.0 Å². The van der Waals surface area contributed by atoms with Gasteiger partial charge >= 0.3 is 6.07 Å². The summed E-state index contributed by atoms with van der Waals surface area (Å²) in [6.45, 7) is -0.323. The number of hydrogen-bond donors (Lipinski definition) is 1. The molecule has 3 rings (SSSR count). The molecule has 3 heterocycles. The second-order valence-corrected chi connectivity index (χ2v) is 11.3. The number of aromatic nitrogens is 4. The number of anilines is 1. The molecule has 4 unspecified atom stereocenters. The Morgan fingerprint density at radius 3 is 2.52 bits per heavy atom. The van der Waals surface area contributed by atoms with E-state index in [-0.39, 0.29) is 26.0 Å². The molecule has 1 aliphatic heterocycles. The molecular formula is C15H22Cl2N5O7PS. The molecule has 16 heteroatoms. The van der Waals surface area contributed by atoms with Crippen LogP contribution in [0.5, 0.6) is 0 Å². The van der Waals surface area contributed by atoms with Gasteiger partial charge in [-0.1, -0.05) is 11.8 Å². The summed E-state index contributed by atoms with van der Waals surface area (Å²) in [7, 11) is 2.96. The van der Waals surface area contributed by atoms with Gasteiger partial charge in [0.2, 0.25) is 0 Å². The SMILES string of the molecule is COCOC1C(COP(=O)(Cl)Cl)OC(n2cnc3c(N)nc(SC)nc32)C1OCOC. The van der Waals surface area contributed by atoms with Gasteiger partial charge in [-0.15, -0.1) is 0 Å². The van der Waals surface area contributed by atoms with Crippen molar-refractivity contribution in [2.75, 3.05) is 46.4 Å². The van der Waals surface area contributed by atoms with E-state index in [9.17, 15) is 4.57 Å². The monoisotopic (exact) mass is 517 g/mol. The lowest BCUT2D eigenvalue weighted by Gasteiger charge is -2.24. The topological polar surface area (TPSA) is 142 Å². The number of thioether (sulfide) groups is 1. The average molecular weight is 518 g/mol. The molecule has 174 valence electrons. The minimum atomic E-state index is -3.79. The first-order valence-corrected chi connectivity index (χ1v) is 13.5. The first kappa shape index (κ1) is 24.9. The van der Waals surface area contributed by atoms with Crippen molar-refractivity contribution in [2.24, 2.45) is 0 Å². The molecule has 1 fully saturated rings. The van der Waals surface area contributed by atoms with Gasteiger partial charge in [0.25, 0.3) is 0 Å². The fraction of sp³-hybridized carbons (Fsp3) is 0.667. The molecule has 2 aromatic heterocycles. The highest BCUT2D eigenvalue weighted by Crippen LogP contribution is 2.58. The number of hydrogen-bond acceptors (Lipinski definition) is 12. The van der Waals surface area contributed by atoms with Gasteiger partial charge in [-0.2, -0.15) is 0 Å². The zero-order valence-corrected chi connectivity index (χ0v) is 20.1. The van der Waals surface area contributed by atoms with Crippen LogP contribution in [-0.4, -0.2) is 78.5 Å². The minimum Gasteiger partial charge on any atom is -0.382 e. The van der Waals surface area contributed by atoms with E-state index in [4.69, 9.17) is 56.4 Å². The summed E-state index contributed by atoms with van der Waals surface area (Å²) in [5.41, 5.74) is 6.88. The largest absolute Gasteiger partial charge is 0.382 e. The van der Waals surface area contributed by atoms with E-state index in [0.29, 0.717) is 16.3 Å². The average Bonchev–Trinajstić information content (AvgIpc) is 3.29. The quantitative estimate of drug-likeness (QED) is 0.202. The van der Waals surface area contributed by atoms with Gasteiger partial charge in [-0.25, -0.2) is 15.0 Å². The molecule has 0 aromatic carbocycles. The molecule has 2 N–H and O–H groups in total. The lowest BCUT2D eigenvalue weighted by Crippen LogP contribution is -2.39. The molecule has 4 atom stereocenters. The molecule has 0 spiro atoms. The number of rotatable bonds is 11. The number of nitrogens with zero attached hydrogens (tertiary/aromatic N) is 4. The van der Waals surface area contributed by atoms with Crippen molar-refractivity contribution < 1.29 is 32.8 Å². The normalized spacial score (nSPS) is 24.3. The number of ether oxygens (including phenoxy) is 5. The van der Waals surface area contributed by atoms with Crippen molar-refractivity contribution in [1.29, 1.82) is 0 Å². The van der Waals surface area contributed by atoms with E-state index in [0.717, 1.165) is 0 Å². The number of nitrogen functional groups attached to an aromatic ring is 1. The van der Waals surface area contributed by atoms with Gasteiger partial charge in [0.1, 0.15) is 37.4 Å². The fourth-order valence-corrected chi connectivity index (χ4v) is 4.12. The van der Waals surface area contributed by atoms with E-state index >= 15 is 0 Å². The molecular weight excluding hydrogens is 496 g/mol. The van der Waals surface area contributed by atoms with Crippen molar-refractivity contribution in [3.8, 4) is 0 Å². The summed E-state index contributed by atoms with van der Waals surface area (Å²) in [6, 6.07) is 0. The van der Waals surface area contributed by atoms with Gasteiger partial charge in [0, 0.05) is 14.2 Å². The first-order chi connectivity index (χ1) is 14.8. The van der Waals surface area contributed by atoms with Crippen LogP contribution in [0.3, 0.4) is 0 Å². The van der Waals surface area contributed by atoms with E-state index in [1.54, 1.807) is 4.57 Å². The fourth-order valence-electron chi connectivity index (χ4n) is 3.09. The van der Waals surface area contributed by atoms with Crippen molar-refractivity contribution in [3.05, 3.63) is 6.33 Å². The second kappa shape index (κ2) is 10.9. The molecule has 0 aliphatic carbocycles. The van der Waals surface area contributed by atoms with Crippen LogP contribution in [0.1, 0.15) is 6.23 Å². The van der Waals surface area contributed by atoms with Crippen LogP contribution in [0.2, 0.25) is 0 Å².